The summed E-state index contributed by atoms with van der Waals surface area (Å²) in [6, 6.07) is 7.83. The summed E-state index contributed by atoms with van der Waals surface area (Å²) in [5.74, 6) is 0.0514. The van der Waals surface area contributed by atoms with Crippen molar-refractivity contribution in [2.75, 3.05) is 37.8 Å². The van der Waals surface area contributed by atoms with Gasteiger partial charge in [0.1, 0.15) is 0 Å². The fourth-order valence-electron chi connectivity index (χ4n) is 1.59. The van der Waals surface area contributed by atoms with Crippen LogP contribution in [0, 0.1) is 5.92 Å². The minimum absolute atomic E-state index is 0.00355. The molecule has 0 aliphatic rings. The van der Waals surface area contributed by atoms with Crippen molar-refractivity contribution in [3.05, 3.63) is 24.3 Å². The molecule has 4 heteroatoms. The van der Waals surface area contributed by atoms with Gasteiger partial charge in [-0.1, -0.05) is 13.8 Å². The highest BCUT2D eigenvalue weighted by atomic mass is 16.1. The first-order valence-corrected chi connectivity index (χ1v) is 6.78. The van der Waals surface area contributed by atoms with Gasteiger partial charge in [-0.05, 0) is 51.3 Å². The number of carbonyl (C=O) groups is 1. The summed E-state index contributed by atoms with van der Waals surface area (Å²) in [6.45, 7) is 5.80. The number of hydrogen-bond acceptors (Lipinski definition) is 3. The summed E-state index contributed by atoms with van der Waals surface area (Å²) in [5.41, 5.74) is 1.93. The second kappa shape index (κ2) is 7.79. The molecule has 1 amide bonds. The van der Waals surface area contributed by atoms with Crippen LogP contribution in [0.1, 0.15) is 20.3 Å². The van der Waals surface area contributed by atoms with Crippen LogP contribution in [-0.2, 0) is 4.79 Å². The maximum Gasteiger partial charge on any atom is 0.226 e. The first kappa shape index (κ1) is 15.5. The molecule has 4 nitrogen and oxygen atoms in total. The molecule has 0 saturated heterocycles. The molecule has 0 spiro atoms. The quantitative estimate of drug-likeness (QED) is 0.743. The first-order valence-electron chi connectivity index (χ1n) is 6.78. The molecule has 19 heavy (non-hydrogen) atoms. The van der Waals surface area contributed by atoms with E-state index >= 15 is 0 Å². The normalized spacial score (nSPS) is 10.8. The van der Waals surface area contributed by atoms with Gasteiger partial charge in [-0.2, -0.15) is 0 Å². The van der Waals surface area contributed by atoms with Gasteiger partial charge in [0.15, 0.2) is 0 Å². The summed E-state index contributed by atoms with van der Waals surface area (Å²) in [5, 5.41) is 6.24. The van der Waals surface area contributed by atoms with E-state index in [-0.39, 0.29) is 11.8 Å². The monoisotopic (exact) mass is 263 g/mol. The minimum Gasteiger partial charge on any atom is -0.385 e. The Labute approximate surface area is 116 Å². The molecule has 0 heterocycles. The van der Waals surface area contributed by atoms with Crippen molar-refractivity contribution in [2.24, 2.45) is 5.92 Å². The number of nitrogens with one attached hydrogen (secondary N) is 2. The van der Waals surface area contributed by atoms with Crippen molar-refractivity contribution >= 4 is 17.3 Å². The molecule has 0 aliphatic carbocycles. The maximum atomic E-state index is 11.5. The summed E-state index contributed by atoms with van der Waals surface area (Å²) < 4.78 is 0. The third-order valence-electron chi connectivity index (χ3n) is 2.79. The second-order valence-corrected chi connectivity index (χ2v) is 5.30. The molecule has 0 unspecified atom stereocenters. The molecule has 1 aromatic carbocycles. The smallest absolute Gasteiger partial charge is 0.226 e. The number of rotatable bonds is 7. The van der Waals surface area contributed by atoms with E-state index in [4.69, 9.17) is 0 Å². The lowest BCUT2D eigenvalue weighted by molar-refractivity contribution is -0.118. The molecule has 0 aliphatic heterocycles. The van der Waals surface area contributed by atoms with E-state index in [9.17, 15) is 4.79 Å². The van der Waals surface area contributed by atoms with Crippen LogP contribution in [0.5, 0.6) is 0 Å². The summed E-state index contributed by atoms with van der Waals surface area (Å²) >= 11 is 0. The Hall–Kier alpha value is -1.55. The largest absolute Gasteiger partial charge is 0.385 e. The Kier molecular flexibility index (Phi) is 6.36. The molecule has 0 radical (unpaired) electrons. The number of benzene rings is 1. The van der Waals surface area contributed by atoms with Gasteiger partial charge in [0.25, 0.3) is 0 Å². The molecule has 1 rings (SSSR count). The van der Waals surface area contributed by atoms with E-state index < -0.39 is 0 Å². The molecule has 0 saturated carbocycles. The standard InChI is InChI=1S/C15H25N3O/c1-12(2)15(19)17-14-8-6-13(7-9-14)16-10-5-11-18(3)4/h6-9,12,16H,5,10-11H2,1-4H3,(H,17,19). The molecule has 1 aromatic rings. The van der Waals surface area contributed by atoms with Crippen LogP contribution in [0.15, 0.2) is 24.3 Å². The van der Waals surface area contributed by atoms with Gasteiger partial charge < -0.3 is 15.5 Å². The number of hydrogen-bond donors (Lipinski definition) is 2. The third kappa shape index (κ3) is 6.25. The molecule has 0 fully saturated rings. The fraction of sp³-hybridized carbons (Fsp3) is 0.533. The van der Waals surface area contributed by atoms with Crippen molar-refractivity contribution in [2.45, 2.75) is 20.3 Å². The van der Waals surface area contributed by atoms with Gasteiger partial charge in [-0.3, -0.25) is 4.79 Å². The van der Waals surface area contributed by atoms with Crippen molar-refractivity contribution in [1.82, 2.24) is 4.90 Å². The van der Waals surface area contributed by atoms with Gasteiger partial charge in [0.05, 0.1) is 0 Å². The van der Waals surface area contributed by atoms with Crippen LogP contribution in [0.3, 0.4) is 0 Å². The molecule has 0 aromatic heterocycles. The Morgan fingerprint density at radius 1 is 1.16 bits per heavy atom. The average molecular weight is 263 g/mol. The first-order chi connectivity index (χ1) is 8.99. The summed E-state index contributed by atoms with van der Waals surface area (Å²) in [7, 11) is 4.15. The van der Waals surface area contributed by atoms with E-state index in [1.54, 1.807) is 0 Å². The van der Waals surface area contributed by atoms with Crippen LogP contribution in [0.4, 0.5) is 11.4 Å². The Bertz CT molecular complexity index is 385. The van der Waals surface area contributed by atoms with Crippen LogP contribution in [0.25, 0.3) is 0 Å². The predicted octanol–water partition coefficient (Wildman–Crippen LogP) is 2.64. The van der Waals surface area contributed by atoms with E-state index in [1.165, 1.54) is 0 Å². The van der Waals surface area contributed by atoms with Crippen LogP contribution in [0.2, 0.25) is 0 Å². The summed E-state index contributed by atoms with van der Waals surface area (Å²) in [6.07, 6.45) is 1.11. The van der Waals surface area contributed by atoms with Crippen molar-refractivity contribution in [3.8, 4) is 0 Å². The van der Waals surface area contributed by atoms with Crippen molar-refractivity contribution < 1.29 is 4.79 Å². The van der Waals surface area contributed by atoms with E-state index in [1.807, 2.05) is 38.1 Å². The third-order valence-corrected chi connectivity index (χ3v) is 2.79. The van der Waals surface area contributed by atoms with E-state index in [0.29, 0.717) is 0 Å². The van der Waals surface area contributed by atoms with Gasteiger partial charge in [0, 0.05) is 23.8 Å². The van der Waals surface area contributed by atoms with Gasteiger partial charge in [-0.15, -0.1) is 0 Å². The van der Waals surface area contributed by atoms with Gasteiger partial charge in [-0.25, -0.2) is 0 Å². The van der Waals surface area contributed by atoms with Crippen molar-refractivity contribution in [1.29, 1.82) is 0 Å². The van der Waals surface area contributed by atoms with Crippen LogP contribution >= 0.6 is 0 Å². The average Bonchev–Trinajstić information content (AvgIpc) is 2.36. The fourth-order valence-corrected chi connectivity index (χ4v) is 1.59. The van der Waals surface area contributed by atoms with E-state index in [0.717, 1.165) is 30.9 Å². The predicted molar refractivity (Wildman–Crippen MR) is 81.6 cm³/mol. The number of nitrogens with zero attached hydrogens (tertiary/aromatic N) is 1. The zero-order chi connectivity index (χ0) is 14.3. The maximum absolute atomic E-state index is 11.5. The highest BCUT2D eigenvalue weighted by Gasteiger charge is 2.06. The zero-order valence-electron chi connectivity index (χ0n) is 12.4. The second-order valence-electron chi connectivity index (χ2n) is 5.30. The van der Waals surface area contributed by atoms with E-state index in [2.05, 4.69) is 29.6 Å². The SMILES string of the molecule is CC(C)C(=O)Nc1ccc(NCCCN(C)C)cc1. The summed E-state index contributed by atoms with van der Waals surface area (Å²) in [4.78, 5) is 13.7. The highest BCUT2D eigenvalue weighted by Crippen LogP contribution is 2.14. The number of amides is 1. The minimum atomic E-state index is 0.00355. The molecular weight excluding hydrogens is 238 g/mol. The van der Waals surface area contributed by atoms with Crippen LogP contribution < -0.4 is 10.6 Å². The molecule has 0 atom stereocenters. The Balaban J connectivity index is 2.37. The zero-order valence-corrected chi connectivity index (χ0v) is 12.4. The van der Waals surface area contributed by atoms with Gasteiger partial charge in [0.2, 0.25) is 5.91 Å². The molecular formula is C15H25N3O. The Morgan fingerprint density at radius 3 is 2.26 bits per heavy atom. The lowest BCUT2D eigenvalue weighted by atomic mass is 10.2. The molecule has 2 N–H and O–H groups in total. The molecule has 106 valence electrons. The Morgan fingerprint density at radius 2 is 1.74 bits per heavy atom. The number of carbonyl (C=O) groups excluding carboxylic acids is 1. The molecule has 0 bridgehead atoms. The highest BCUT2D eigenvalue weighted by molar-refractivity contribution is 5.92. The number of anilines is 2. The lowest BCUT2D eigenvalue weighted by Gasteiger charge is -2.11. The van der Waals surface area contributed by atoms with Crippen LogP contribution in [-0.4, -0.2) is 38.0 Å². The van der Waals surface area contributed by atoms with Gasteiger partial charge >= 0.3 is 0 Å². The van der Waals surface area contributed by atoms with Crippen molar-refractivity contribution in [3.63, 3.8) is 0 Å². The topological polar surface area (TPSA) is 44.4 Å². The lowest BCUT2D eigenvalue weighted by Crippen LogP contribution is -2.17.